The van der Waals surface area contributed by atoms with Gasteiger partial charge in [-0.15, -0.1) is 0 Å². The standard InChI is InChI=1S/C47H73NO17/c1-27-17-15-13-11-9-7-5-6-8-10-12-14-16-18-34(64-46-44(58)41(48)43(57)30(4)63-46)24-38-40(45(59)60)37(54)26-47(61,65-38)25-33(51)22-36(53)35(52)20-19-31(49)21-32(50)23-39(55)62-29(3)28(2)42(27)56/h5-18,27-38,40-44,46,49-54,56-58,61H,19-26,48H2,1-4H3,(H,59,60)/b6-5+,9-7+,10-8+,13-11+,14-12+,17-15+,18-16+/t27-,28-,29-,30-,31-,32-,33+,34-,35-,36-,37-,38+,40+,41+,42+,43-,44+,46+,47+/m0/s1. The molecule has 368 valence electrons. The summed E-state index contributed by atoms with van der Waals surface area (Å²) in [6, 6.07) is -1.15. The van der Waals surface area contributed by atoms with Crippen molar-refractivity contribution >= 4 is 11.9 Å². The molecule has 2 fully saturated rings. The summed E-state index contributed by atoms with van der Waals surface area (Å²) in [7, 11) is 0. The fourth-order valence-electron chi connectivity index (χ4n) is 7.97. The van der Waals surface area contributed by atoms with Gasteiger partial charge in [-0.3, -0.25) is 9.59 Å². The lowest BCUT2D eigenvalue weighted by molar-refractivity contribution is -0.308. The summed E-state index contributed by atoms with van der Waals surface area (Å²) in [6.45, 7) is 6.74. The smallest absolute Gasteiger partial charge is 0.311 e. The number of fused-ring (bicyclic) bond motifs is 2. The van der Waals surface area contributed by atoms with Gasteiger partial charge < -0.3 is 80.9 Å². The van der Waals surface area contributed by atoms with Crippen LogP contribution in [0.3, 0.4) is 0 Å². The number of nitrogens with two attached hydrogens (primary N) is 1. The van der Waals surface area contributed by atoms with Crippen LogP contribution in [0.5, 0.6) is 0 Å². The molecular weight excluding hydrogens is 851 g/mol. The van der Waals surface area contributed by atoms with Crippen LogP contribution < -0.4 is 5.73 Å². The van der Waals surface area contributed by atoms with Gasteiger partial charge >= 0.3 is 11.9 Å². The summed E-state index contributed by atoms with van der Waals surface area (Å²) in [5, 5.41) is 118. The number of hydrogen-bond acceptors (Lipinski definition) is 17. The average Bonchev–Trinajstić information content (AvgIpc) is 3.21. The van der Waals surface area contributed by atoms with E-state index in [1.165, 1.54) is 13.0 Å². The number of carbonyl (C=O) groups is 2. The molecule has 13 N–H and O–H groups in total. The number of esters is 1. The van der Waals surface area contributed by atoms with Crippen LogP contribution in [0.25, 0.3) is 0 Å². The Morgan fingerprint density at radius 3 is 1.82 bits per heavy atom. The van der Waals surface area contributed by atoms with E-state index in [1.807, 2.05) is 19.1 Å². The van der Waals surface area contributed by atoms with Crippen molar-refractivity contribution in [3.8, 4) is 0 Å². The van der Waals surface area contributed by atoms with Gasteiger partial charge in [0, 0.05) is 37.5 Å². The lowest BCUT2D eigenvalue weighted by Crippen LogP contribution is -2.61. The van der Waals surface area contributed by atoms with Crippen LogP contribution in [0.4, 0.5) is 0 Å². The Morgan fingerprint density at radius 1 is 0.662 bits per heavy atom. The third kappa shape index (κ3) is 18.6. The maximum atomic E-state index is 12.6. The Kier molecular flexibility index (Phi) is 23.6. The Hall–Kier alpha value is -3.44. The van der Waals surface area contributed by atoms with Crippen LogP contribution in [0.1, 0.15) is 79.1 Å². The summed E-state index contributed by atoms with van der Waals surface area (Å²) < 4.78 is 23.1. The molecule has 19 atom stereocenters. The molecule has 0 aromatic carbocycles. The lowest BCUT2D eigenvalue weighted by Gasteiger charge is -2.45. The molecule has 0 aliphatic carbocycles. The number of aliphatic carboxylic acids is 1. The minimum absolute atomic E-state index is 0.107. The highest BCUT2D eigenvalue weighted by Gasteiger charge is 2.51. The van der Waals surface area contributed by atoms with E-state index in [0.29, 0.717) is 0 Å². The Balaban J connectivity index is 1.86. The highest BCUT2D eigenvalue weighted by Crippen LogP contribution is 2.38. The Morgan fingerprint density at radius 2 is 1.23 bits per heavy atom. The molecule has 0 saturated carbocycles. The van der Waals surface area contributed by atoms with E-state index < -0.39 is 147 Å². The van der Waals surface area contributed by atoms with Gasteiger partial charge in [0.2, 0.25) is 0 Å². The monoisotopic (exact) mass is 923 g/mol. The second kappa shape index (κ2) is 27.4. The van der Waals surface area contributed by atoms with E-state index >= 15 is 0 Å². The van der Waals surface area contributed by atoms with Gasteiger partial charge in [0.05, 0.1) is 79.6 Å². The fourth-order valence-corrected chi connectivity index (χ4v) is 7.97. The van der Waals surface area contributed by atoms with Crippen LogP contribution in [-0.4, -0.2) is 166 Å². The maximum Gasteiger partial charge on any atom is 0.311 e. The maximum absolute atomic E-state index is 12.6. The highest BCUT2D eigenvalue weighted by atomic mass is 16.7. The van der Waals surface area contributed by atoms with Crippen molar-refractivity contribution in [2.45, 2.75) is 177 Å². The number of carboxylic acid groups (broad SMARTS) is 1. The number of ether oxygens (including phenoxy) is 4. The van der Waals surface area contributed by atoms with E-state index in [1.54, 1.807) is 80.7 Å². The van der Waals surface area contributed by atoms with Crippen molar-refractivity contribution in [3.05, 3.63) is 85.1 Å². The van der Waals surface area contributed by atoms with Crippen LogP contribution >= 0.6 is 0 Å². The average molecular weight is 924 g/mol. The van der Waals surface area contributed by atoms with Gasteiger partial charge in [0.25, 0.3) is 0 Å². The molecule has 2 bridgehead atoms. The van der Waals surface area contributed by atoms with Gasteiger partial charge in [-0.05, 0) is 33.1 Å². The number of rotatable bonds is 3. The van der Waals surface area contributed by atoms with Gasteiger partial charge in [-0.2, -0.15) is 0 Å². The molecule has 3 rings (SSSR count). The first-order valence-electron chi connectivity index (χ1n) is 22.3. The second-order valence-corrected chi connectivity index (χ2v) is 17.6. The topological polar surface area (TPSA) is 320 Å². The van der Waals surface area contributed by atoms with E-state index in [-0.39, 0.29) is 31.6 Å². The normalized spacial score (nSPS) is 45.5. The molecule has 0 unspecified atom stereocenters. The molecule has 3 heterocycles. The molecule has 0 aromatic heterocycles. The summed E-state index contributed by atoms with van der Waals surface area (Å²) >= 11 is 0. The Bertz CT molecular complexity index is 1670. The summed E-state index contributed by atoms with van der Waals surface area (Å²) in [5.41, 5.74) is 6.02. The number of aliphatic hydroxyl groups is 10. The molecule has 65 heavy (non-hydrogen) atoms. The first kappa shape index (κ1) is 55.9. The van der Waals surface area contributed by atoms with Gasteiger partial charge in [0.1, 0.15) is 18.1 Å². The minimum atomic E-state index is -2.33. The SMILES string of the molecule is C[C@@H]1[C@H](O)[C@@H](C)/C=C/C=C/C=C/C=C/C=C/C=C/C=C/[C@H](O[C@H]2O[C@@H](C)[C@H](O)[C@@H](N)[C@H]2O)C[C@H]2O[C@](O)(C[C@H](O)C[C@H](O)[C@@H](O)CC[C@H](O)C[C@H](O)CC(=O)O[C@H]1C)C[C@H](O)[C@H]2C(=O)O. The molecule has 0 spiro atoms. The molecule has 0 radical (unpaired) electrons. The van der Waals surface area contributed by atoms with E-state index in [9.17, 15) is 65.8 Å². The van der Waals surface area contributed by atoms with Gasteiger partial charge in [-0.1, -0.05) is 98.9 Å². The number of carboxylic acids is 1. The third-order valence-electron chi connectivity index (χ3n) is 12.0. The minimum Gasteiger partial charge on any atom is -0.481 e. The Labute approximate surface area is 381 Å². The second-order valence-electron chi connectivity index (χ2n) is 17.6. The van der Waals surface area contributed by atoms with Crippen molar-refractivity contribution in [2.24, 2.45) is 23.5 Å². The zero-order chi connectivity index (χ0) is 48.4. The van der Waals surface area contributed by atoms with E-state index in [2.05, 4.69) is 0 Å². The zero-order valence-electron chi connectivity index (χ0n) is 37.6. The van der Waals surface area contributed by atoms with Crippen molar-refractivity contribution in [2.75, 3.05) is 0 Å². The van der Waals surface area contributed by atoms with Crippen molar-refractivity contribution in [3.63, 3.8) is 0 Å². The number of aliphatic hydroxyl groups excluding tert-OH is 9. The van der Waals surface area contributed by atoms with Crippen molar-refractivity contribution in [1.29, 1.82) is 0 Å². The van der Waals surface area contributed by atoms with E-state index in [0.717, 1.165) is 0 Å². The van der Waals surface area contributed by atoms with Crippen LogP contribution in [0, 0.1) is 17.8 Å². The number of cyclic esters (lactones) is 1. The molecule has 0 amide bonds. The summed E-state index contributed by atoms with van der Waals surface area (Å²) in [6.07, 6.45) is 3.46. The quantitative estimate of drug-likeness (QED) is 0.174. The molecule has 3 aliphatic heterocycles. The number of hydrogen-bond donors (Lipinski definition) is 12. The molecule has 18 heteroatoms. The molecule has 2 saturated heterocycles. The predicted octanol–water partition coefficient (Wildman–Crippen LogP) is 0.712. The predicted molar refractivity (Wildman–Crippen MR) is 237 cm³/mol. The molecule has 18 nitrogen and oxygen atoms in total. The zero-order valence-corrected chi connectivity index (χ0v) is 37.6. The summed E-state index contributed by atoms with van der Waals surface area (Å²) in [5.74, 6) is -6.83. The van der Waals surface area contributed by atoms with Gasteiger partial charge in [0.15, 0.2) is 12.1 Å². The molecule has 3 aliphatic rings. The largest absolute Gasteiger partial charge is 0.481 e. The fraction of sp³-hybridized carbons (Fsp3) is 0.660. The lowest BCUT2D eigenvalue weighted by atomic mass is 9.82. The molecule has 0 aromatic rings. The first-order chi connectivity index (χ1) is 30.6. The van der Waals surface area contributed by atoms with Gasteiger partial charge in [-0.25, -0.2) is 0 Å². The van der Waals surface area contributed by atoms with Crippen LogP contribution in [-0.2, 0) is 28.5 Å². The van der Waals surface area contributed by atoms with E-state index in [4.69, 9.17) is 24.7 Å². The third-order valence-corrected chi connectivity index (χ3v) is 12.0. The number of allylic oxidation sites excluding steroid dienone is 12. The van der Waals surface area contributed by atoms with Crippen LogP contribution in [0.2, 0.25) is 0 Å². The number of carbonyl (C=O) groups excluding carboxylic acids is 1. The molecular formula is C47H73NO17. The summed E-state index contributed by atoms with van der Waals surface area (Å²) in [4.78, 5) is 25.1. The highest BCUT2D eigenvalue weighted by molar-refractivity contribution is 5.71. The van der Waals surface area contributed by atoms with Crippen LogP contribution in [0.15, 0.2) is 85.1 Å². The first-order valence-corrected chi connectivity index (χ1v) is 22.3. The van der Waals surface area contributed by atoms with Crippen molar-refractivity contribution < 1.29 is 84.7 Å². The van der Waals surface area contributed by atoms with Crippen molar-refractivity contribution in [1.82, 2.24) is 0 Å².